The molecule has 0 unspecified atom stereocenters. The number of hydrogen-bond donors (Lipinski definition) is 3. The third kappa shape index (κ3) is 5.55. The maximum Gasteiger partial charge on any atom is 0.315 e. The molecule has 1 aromatic heterocycles. The SMILES string of the molecule is CNS(=O)(=O)Cc1ccc(CNC(=O)NCCn2c(C)nc3ccccc32)cc1. The maximum absolute atomic E-state index is 12.1. The van der Waals surface area contributed by atoms with E-state index in [0.29, 0.717) is 25.2 Å². The number of aromatic nitrogens is 2. The number of benzene rings is 2. The molecule has 0 aliphatic heterocycles. The number of para-hydroxylation sites is 2. The van der Waals surface area contributed by atoms with E-state index in [1.54, 1.807) is 12.1 Å². The second kappa shape index (κ2) is 9.06. The highest BCUT2D eigenvalue weighted by atomic mass is 32.2. The van der Waals surface area contributed by atoms with Crippen LogP contribution in [0.3, 0.4) is 0 Å². The molecule has 3 N–H and O–H groups in total. The molecular formula is C20H25N5O3S. The normalized spacial score (nSPS) is 11.5. The predicted octanol–water partition coefficient (Wildman–Crippen LogP) is 1.89. The van der Waals surface area contributed by atoms with E-state index in [4.69, 9.17) is 0 Å². The van der Waals surface area contributed by atoms with Crippen LogP contribution in [0.5, 0.6) is 0 Å². The fourth-order valence-corrected chi connectivity index (χ4v) is 3.82. The number of rotatable bonds is 8. The number of nitrogens with zero attached hydrogens (tertiary/aromatic N) is 2. The lowest BCUT2D eigenvalue weighted by Crippen LogP contribution is -2.36. The molecule has 0 saturated heterocycles. The minimum absolute atomic E-state index is 0.0694. The van der Waals surface area contributed by atoms with Gasteiger partial charge in [0.25, 0.3) is 0 Å². The number of fused-ring (bicyclic) bond motifs is 1. The van der Waals surface area contributed by atoms with Crippen molar-refractivity contribution in [1.29, 1.82) is 0 Å². The third-order valence-corrected chi connectivity index (χ3v) is 5.95. The first-order chi connectivity index (χ1) is 13.9. The standard InChI is InChI=1S/C20H25N5O3S/c1-15-24-18-5-3-4-6-19(18)25(15)12-11-22-20(26)23-13-16-7-9-17(10-8-16)14-29(27,28)21-2/h3-10,21H,11-14H2,1-2H3,(H2,22,23,26). The number of carbonyl (C=O) groups is 1. The smallest absolute Gasteiger partial charge is 0.315 e. The Labute approximate surface area is 170 Å². The lowest BCUT2D eigenvalue weighted by atomic mass is 10.1. The average molecular weight is 416 g/mol. The van der Waals surface area contributed by atoms with Crippen LogP contribution in [0, 0.1) is 6.92 Å². The summed E-state index contributed by atoms with van der Waals surface area (Å²) in [6.07, 6.45) is 0. The minimum Gasteiger partial charge on any atom is -0.336 e. The van der Waals surface area contributed by atoms with Gasteiger partial charge in [-0.15, -0.1) is 0 Å². The maximum atomic E-state index is 12.1. The molecule has 1 heterocycles. The third-order valence-electron chi connectivity index (χ3n) is 4.61. The molecule has 9 heteroatoms. The van der Waals surface area contributed by atoms with Gasteiger partial charge in [-0.1, -0.05) is 36.4 Å². The summed E-state index contributed by atoms with van der Waals surface area (Å²) in [6.45, 7) is 3.42. The Balaban J connectivity index is 1.46. The van der Waals surface area contributed by atoms with Gasteiger partial charge >= 0.3 is 6.03 Å². The van der Waals surface area contributed by atoms with Crippen LogP contribution in [0.15, 0.2) is 48.5 Å². The van der Waals surface area contributed by atoms with E-state index in [-0.39, 0.29) is 11.8 Å². The van der Waals surface area contributed by atoms with Gasteiger partial charge in [-0.2, -0.15) is 0 Å². The van der Waals surface area contributed by atoms with Gasteiger partial charge in [0.2, 0.25) is 10.0 Å². The zero-order valence-corrected chi connectivity index (χ0v) is 17.3. The number of nitrogens with one attached hydrogen (secondary N) is 3. The highest BCUT2D eigenvalue weighted by Gasteiger charge is 2.09. The first-order valence-electron chi connectivity index (χ1n) is 9.30. The van der Waals surface area contributed by atoms with Gasteiger partial charge in [0, 0.05) is 19.6 Å². The molecule has 2 amide bonds. The first-order valence-corrected chi connectivity index (χ1v) is 11.0. The summed E-state index contributed by atoms with van der Waals surface area (Å²) in [6, 6.07) is 14.8. The Morgan fingerprint density at radius 2 is 1.72 bits per heavy atom. The molecule has 0 saturated carbocycles. The van der Waals surface area contributed by atoms with Gasteiger partial charge in [0.05, 0.1) is 16.8 Å². The van der Waals surface area contributed by atoms with Gasteiger partial charge in [0.15, 0.2) is 0 Å². The van der Waals surface area contributed by atoms with Crippen LogP contribution in [-0.4, -0.2) is 37.6 Å². The Hall–Kier alpha value is -2.91. The van der Waals surface area contributed by atoms with Crippen molar-refractivity contribution < 1.29 is 13.2 Å². The second-order valence-corrected chi connectivity index (χ2v) is 8.61. The summed E-state index contributed by atoms with van der Waals surface area (Å²) < 4.78 is 27.5. The number of urea groups is 1. The Kier molecular flexibility index (Phi) is 6.50. The van der Waals surface area contributed by atoms with E-state index in [1.807, 2.05) is 43.3 Å². The van der Waals surface area contributed by atoms with Gasteiger partial charge in [-0.05, 0) is 37.2 Å². The summed E-state index contributed by atoms with van der Waals surface area (Å²) in [5.41, 5.74) is 3.57. The van der Waals surface area contributed by atoms with Crippen LogP contribution in [0.25, 0.3) is 11.0 Å². The van der Waals surface area contributed by atoms with Gasteiger partial charge in [0.1, 0.15) is 5.82 Å². The van der Waals surface area contributed by atoms with Crippen LogP contribution < -0.4 is 15.4 Å². The van der Waals surface area contributed by atoms with Crippen molar-refractivity contribution in [2.45, 2.75) is 25.8 Å². The summed E-state index contributed by atoms with van der Waals surface area (Å²) in [5.74, 6) is 0.842. The number of amides is 2. The van der Waals surface area contributed by atoms with Crippen LogP contribution in [0.2, 0.25) is 0 Å². The molecule has 3 rings (SSSR count). The minimum atomic E-state index is -3.29. The van der Waals surface area contributed by atoms with Crippen LogP contribution in [0.1, 0.15) is 17.0 Å². The van der Waals surface area contributed by atoms with Crippen molar-refractivity contribution in [2.75, 3.05) is 13.6 Å². The Morgan fingerprint density at radius 1 is 1.03 bits per heavy atom. The monoisotopic (exact) mass is 415 g/mol. The first kappa shape index (κ1) is 20.8. The fraction of sp³-hybridized carbons (Fsp3) is 0.300. The molecule has 0 aliphatic carbocycles. The van der Waals surface area contributed by atoms with Gasteiger partial charge in [-0.25, -0.2) is 22.9 Å². The van der Waals surface area contributed by atoms with Gasteiger partial charge < -0.3 is 15.2 Å². The summed E-state index contributed by atoms with van der Waals surface area (Å²) in [5, 5.41) is 5.65. The van der Waals surface area contributed by atoms with E-state index < -0.39 is 10.0 Å². The van der Waals surface area contributed by atoms with Crippen molar-refractivity contribution in [1.82, 2.24) is 24.9 Å². The molecule has 29 heavy (non-hydrogen) atoms. The van der Waals surface area contributed by atoms with Crippen molar-refractivity contribution in [3.8, 4) is 0 Å². The molecule has 0 fully saturated rings. The van der Waals surface area contributed by atoms with Crippen LogP contribution in [0.4, 0.5) is 4.79 Å². The second-order valence-electron chi connectivity index (χ2n) is 6.69. The molecule has 0 aliphatic rings. The van der Waals surface area contributed by atoms with E-state index in [2.05, 4.69) is 24.9 Å². The van der Waals surface area contributed by atoms with Crippen molar-refractivity contribution >= 4 is 27.1 Å². The van der Waals surface area contributed by atoms with E-state index in [1.165, 1.54) is 7.05 Å². The predicted molar refractivity (Wildman–Crippen MR) is 113 cm³/mol. The van der Waals surface area contributed by atoms with E-state index >= 15 is 0 Å². The van der Waals surface area contributed by atoms with Crippen molar-refractivity contribution in [2.24, 2.45) is 0 Å². The van der Waals surface area contributed by atoms with E-state index in [0.717, 1.165) is 22.4 Å². The molecule has 0 radical (unpaired) electrons. The molecule has 0 spiro atoms. The number of hydrogen-bond acceptors (Lipinski definition) is 4. The van der Waals surface area contributed by atoms with Crippen LogP contribution >= 0.6 is 0 Å². The fourth-order valence-electron chi connectivity index (χ4n) is 3.05. The lowest BCUT2D eigenvalue weighted by molar-refractivity contribution is 0.240. The molecule has 8 nitrogen and oxygen atoms in total. The summed E-state index contributed by atoms with van der Waals surface area (Å²) in [7, 11) is -1.90. The topological polar surface area (TPSA) is 105 Å². The Morgan fingerprint density at radius 3 is 2.45 bits per heavy atom. The van der Waals surface area contributed by atoms with Crippen molar-refractivity contribution in [3.63, 3.8) is 0 Å². The number of aryl methyl sites for hydroxylation is 1. The zero-order valence-electron chi connectivity index (χ0n) is 16.5. The molecule has 2 aromatic carbocycles. The largest absolute Gasteiger partial charge is 0.336 e. The van der Waals surface area contributed by atoms with Crippen molar-refractivity contribution in [3.05, 3.63) is 65.5 Å². The molecule has 3 aromatic rings. The molecule has 0 atom stereocenters. The van der Waals surface area contributed by atoms with Gasteiger partial charge in [-0.3, -0.25) is 0 Å². The summed E-state index contributed by atoms with van der Waals surface area (Å²) >= 11 is 0. The number of carbonyl (C=O) groups excluding carboxylic acids is 1. The molecular weight excluding hydrogens is 390 g/mol. The highest BCUT2D eigenvalue weighted by Crippen LogP contribution is 2.14. The van der Waals surface area contributed by atoms with E-state index in [9.17, 15) is 13.2 Å². The number of sulfonamides is 1. The molecule has 154 valence electrons. The highest BCUT2D eigenvalue weighted by molar-refractivity contribution is 7.88. The van der Waals surface area contributed by atoms with Crippen LogP contribution in [-0.2, 0) is 28.9 Å². The lowest BCUT2D eigenvalue weighted by Gasteiger charge is -2.10. The average Bonchev–Trinajstić information content (AvgIpc) is 3.02. The zero-order chi connectivity index (χ0) is 20.9. The summed E-state index contributed by atoms with van der Waals surface area (Å²) in [4.78, 5) is 16.6. The number of imidazole rings is 1. The Bertz CT molecular complexity index is 1090. The quantitative estimate of drug-likeness (QED) is 0.522. The molecule has 0 bridgehead atoms.